The van der Waals surface area contributed by atoms with Crippen molar-refractivity contribution in [1.29, 1.82) is 5.26 Å². The molecule has 0 aromatic carbocycles. The Morgan fingerprint density at radius 2 is 2.19 bits per heavy atom. The second-order valence-electron chi connectivity index (χ2n) is 5.15. The highest BCUT2D eigenvalue weighted by Crippen LogP contribution is 2.22. The van der Waals surface area contributed by atoms with Gasteiger partial charge in [-0.2, -0.15) is 5.26 Å². The van der Waals surface area contributed by atoms with E-state index in [4.69, 9.17) is 10.00 Å². The summed E-state index contributed by atoms with van der Waals surface area (Å²) in [6.07, 6.45) is 0.549. The highest BCUT2D eigenvalue weighted by Gasteiger charge is 2.36. The molecule has 0 aromatic heterocycles. The smallest absolute Gasteiger partial charge is 0.410 e. The van der Waals surface area contributed by atoms with Gasteiger partial charge in [0.05, 0.1) is 12.6 Å². The minimum atomic E-state index is -1.42. The second kappa shape index (κ2) is 4.30. The summed E-state index contributed by atoms with van der Waals surface area (Å²) >= 11 is 0. The van der Waals surface area contributed by atoms with E-state index in [1.54, 1.807) is 20.8 Å². The average Bonchev–Trinajstić information content (AvgIpc) is 2.15. The van der Waals surface area contributed by atoms with Crippen molar-refractivity contribution in [3.8, 4) is 6.07 Å². The molecule has 5 nitrogen and oxygen atoms in total. The molecule has 90 valence electrons. The van der Waals surface area contributed by atoms with E-state index in [0.29, 0.717) is 19.4 Å². The van der Waals surface area contributed by atoms with Gasteiger partial charge in [0.15, 0.2) is 5.60 Å². The predicted molar refractivity (Wildman–Crippen MR) is 57.6 cm³/mol. The van der Waals surface area contributed by atoms with E-state index in [0.717, 1.165) is 0 Å². The molecule has 16 heavy (non-hydrogen) atoms. The molecule has 1 amide bonds. The Kier molecular flexibility index (Phi) is 3.44. The first-order valence-corrected chi connectivity index (χ1v) is 5.37. The average molecular weight is 226 g/mol. The van der Waals surface area contributed by atoms with Crippen molar-refractivity contribution in [2.75, 3.05) is 13.1 Å². The van der Waals surface area contributed by atoms with Gasteiger partial charge < -0.3 is 14.7 Å². The Labute approximate surface area is 95.6 Å². The number of carbonyl (C=O) groups excluding carboxylic acids is 1. The Morgan fingerprint density at radius 1 is 1.56 bits per heavy atom. The van der Waals surface area contributed by atoms with Crippen LogP contribution in [0, 0.1) is 11.3 Å². The van der Waals surface area contributed by atoms with Crippen LogP contribution >= 0.6 is 0 Å². The summed E-state index contributed by atoms with van der Waals surface area (Å²) in [6, 6.07) is 1.83. The van der Waals surface area contributed by atoms with E-state index in [1.807, 2.05) is 6.07 Å². The van der Waals surface area contributed by atoms with E-state index in [1.165, 1.54) is 4.90 Å². The van der Waals surface area contributed by atoms with Gasteiger partial charge in [0.1, 0.15) is 5.60 Å². The first kappa shape index (κ1) is 12.8. The van der Waals surface area contributed by atoms with Crippen LogP contribution in [0.4, 0.5) is 4.79 Å². The zero-order valence-electron chi connectivity index (χ0n) is 9.99. The maximum absolute atomic E-state index is 11.7. The zero-order chi connectivity index (χ0) is 12.4. The van der Waals surface area contributed by atoms with Crippen LogP contribution < -0.4 is 0 Å². The Bertz CT molecular complexity index is 316. The van der Waals surface area contributed by atoms with Crippen LogP contribution in [0.25, 0.3) is 0 Å². The Balaban J connectivity index is 2.62. The summed E-state index contributed by atoms with van der Waals surface area (Å²) in [5, 5.41) is 18.6. The monoisotopic (exact) mass is 226 g/mol. The van der Waals surface area contributed by atoms with Crippen LogP contribution in [0.2, 0.25) is 0 Å². The molecule has 0 spiro atoms. The third-order valence-corrected chi connectivity index (χ3v) is 2.33. The van der Waals surface area contributed by atoms with E-state index in [9.17, 15) is 9.90 Å². The number of aliphatic hydroxyl groups is 1. The van der Waals surface area contributed by atoms with Gasteiger partial charge in [0.2, 0.25) is 0 Å². The largest absolute Gasteiger partial charge is 0.444 e. The lowest BCUT2D eigenvalue weighted by Crippen LogP contribution is -2.50. The second-order valence-corrected chi connectivity index (χ2v) is 5.15. The van der Waals surface area contributed by atoms with Crippen molar-refractivity contribution < 1.29 is 14.6 Å². The Morgan fingerprint density at radius 3 is 2.69 bits per heavy atom. The molecule has 0 bridgehead atoms. The fourth-order valence-corrected chi connectivity index (χ4v) is 1.61. The number of piperidine rings is 1. The summed E-state index contributed by atoms with van der Waals surface area (Å²) in [6.45, 7) is 5.90. The molecule has 0 radical (unpaired) electrons. The van der Waals surface area contributed by atoms with Crippen molar-refractivity contribution in [3.05, 3.63) is 0 Å². The summed E-state index contributed by atoms with van der Waals surface area (Å²) in [5.74, 6) is 0. The lowest BCUT2D eigenvalue weighted by Gasteiger charge is -2.35. The summed E-state index contributed by atoms with van der Waals surface area (Å²) < 4.78 is 5.18. The SMILES string of the molecule is CC(C)(C)OC(=O)N1CCC[C@@](O)(C#N)C1. The number of hydrogen-bond donors (Lipinski definition) is 1. The highest BCUT2D eigenvalue weighted by molar-refractivity contribution is 5.68. The lowest BCUT2D eigenvalue weighted by molar-refractivity contribution is -0.0160. The van der Waals surface area contributed by atoms with Crippen molar-refractivity contribution >= 4 is 6.09 Å². The molecule has 1 atom stereocenters. The minimum absolute atomic E-state index is 0.0262. The molecule has 1 aliphatic heterocycles. The van der Waals surface area contributed by atoms with Gasteiger partial charge in [0.25, 0.3) is 0 Å². The predicted octanol–water partition coefficient (Wildman–Crippen LogP) is 1.27. The molecule has 1 heterocycles. The molecule has 1 aliphatic rings. The molecule has 0 aromatic rings. The quantitative estimate of drug-likeness (QED) is 0.631. The maximum Gasteiger partial charge on any atom is 0.410 e. The number of likely N-dealkylation sites (tertiary alicyclic amines) is 1. The van der Waals surface area contributed by atoms with Gasteiger partial charge >= 0.3 is 6.09 Å². The third-order valence-electron chi connectivity index (χ3n) is 2.33. The number of rotatable bonds is 0. The fraction of sp³-hybridized carbons (Fsp3) is 0.818. The molecule has 1 rings (SSSR count). The minimum Gasteiger partial charge on any atom is -0.444 e. The molecule has 5 heteroatoms. The van der Waals surface area contributed by atoms with Gasteiger partial charge in [0, 0.05) is 6.54 Å². The number of nitriles is 1. The van der Waals surface area contributed by atoms with Crippen molar-refractivity contribution in [1.82, 2.24) is 4.90 Å². The topological polar surface area (TPSA) is 73.6 Å². The van der Waals surface area contributed by atoms with Crippen LogP contribution in [0.5, 0.6) is 0 Å². The van der Waals surface area contributed by atoms with Crippen LogP contribution in [-0.4, -0.2) is 40.4 Å². The van der Waals surface area contributed by atoms with Gasteiger partial charge in [-0.3, -0.25) is 0 Å². The zero-order valence-corrected chi connectivity index (χ0v) is 9.99. The molecule has 1 fully saturated rings. The number of carbonyl (C=O) groups is 1. The summed E-state index contributed by atoms with van der Waals surface area (Å²) in [7, 11) is 0. The number of amides is 1. The number of nitrogens with zero attached hydrogens (tertiary/aromatic N) is 2. The van der Waals surface area contributed by atoms with Crippen LogP contribution in [0.1, 0.15) is 33.6 Å². The number of ether oxygens (including phenoxy) is 1. The lowest BCUT2D eigenvalue weighted by atomic mass is 9.95. The fourth-order valence-electron chi connectivity index (χ4n) is 1.61. The Hall–Kier alpha value is -1.28. The van der Waals surface area contributed by atoms with Crippen molar-refractivity contribution in [2.45, 2.75) is 44.8 Å². The van der Waals surface area contributed by atoms with E-state index in [2.05, 4.69) is 0 Å². The molecule has 1 N–H and O–H groups in total. The van der Waals surface area contributed by atoms with Gasteiger partial charge in [-0.05, 0) is 33.6 Å². The number of β-amino-alcohol motifs (C(OH)–C–C–N with tert-alkyl or cyclic N) is 1. The first-order chi connectivity index (χ1) is 7.26. The van der Waals surface area contributed by atoms with Crippen LogP contribution in [0.15, 0.2) is 0 Å². The molecule has 0 saturated carbocycles. The van der Waals surface area contributed by atoms with Gasteiger partial charge in [-0.1, -0.05) is 0 Å². The van der Waals surface area contributed by atoms with Crippen molar-refractivity contribution in [2.24, 2.45) is 0 Å². The molecule has 0 unspecified atom stereocenters. The number of hydrogen-bond acceptors (Lipinski definition) is 4. The first-order valence-electron chi connectivity index (χ1n) is 5.37. The summed E-state index contributed by atoms with van der Waals surface area (Å²) in [4.78, 5) is 13.1. The van der Waals surface area contributed by atoms with E-state index < -0.39 is 17.3 Å². The molecular weight excluding hydrogens is 208 g/mol. The standard InChI is InChI=1S/C11H18N2O3/c1-10(2,3)16-9(14)13-6-4-5-11(15,7-12)8-13/h15H,4-6,8H2,1-3H3/t11-/m1/s1. The normalized spacial score (nSPS) is 26.1. The van der Waals surface area contributed by atoms with Gasteiger partial charge in [-0.15, -0.1) is 0 Å². The molecular formula is C11H18N2O3. The van der Waals surface area contributed by atoms with Gasteiger partial charge in [-0.25, -0.2) is 4.79 Å². The molecule has 0 aliphatic carbocycles. The van der Waals surface area contributed by atoms with Crippen LogP contribution in [-0.2, 0) is 4.74 Å². The van der Waals surface area contributed by atoms with Crippen molar-refractivity contribution in [3.63, 3.8) is 0 Å². The maximum atomic E-state index is 11.7. The van der Waals surface area contributed by atoms with E-state index in [-0.39, 0.29) is 6.54 Å². The molecule has 1 saturated heterocycles. The highest BCUT2D eigenvalue weighted by atomic mass is 16.6. The summed E-state index contributed by atoms with van der Waals surface area (Å²) in [5.41, 5.74) is -1.98. The van der Waals surface area contributed by atoms with Crippen LogP contribution in [0.3, 0.4) is 0 Å². The van der Waals surface area contributed by atoms with E-state index >= 15 is 0 Å². The third kappa shape index (κ3) is 3.38.